The smallest absolute Gasteiger partial charge is 0.320 e. The molecule has 0 spiro atoms. The Morgan fingerprint density at radius 2 is 1.70 bits per heavy atom. The molecule has 0 N–H and O–H groups in total. The maximum absolute atomic E-state index is 13.6. The van der Waals surface area contributed by atoms with Crippen LogP contribution in [-0.4, -0.2) is 17.3 Å². The van der Waals surface area contributed by atoms with Gasteiger partial charge in [-0.2, -0.15) is 0 Å². The summed E-state index contributed by atoms with van der Waals surface area (Å²) in [6.07, 6.45) is 5.21. The molecule has 3 rings (SSSR count). The quantitative estimate of drug-likeness (QED) is 0.257. The van der Waals surface area contributed by atoms with E-state index in [2.05, 4.69) is 51.6 Å². The van der Waals surface area contributed by atoms with Crippen LogP contribution in [0.3, 0.4) is 0 Å². The average molecular weight is 423 g/mol. The van der Waals surface area contributed by atoms with E-state index in [1.54, 1.807) is 11.8 Å². The second-order valence-electron chi connectivity index (χ2n) is 8.83. The number of allylic oxidation sites excluding steroid dienone is 1. The molecule has 5 atom stereocenters. The molecule has 160 valence electrons. The molecule has 3 heteroatoms. The van der Waals surface area contributed by atoms with Crippen LogP contribution < -0.4 is 0 Å². The highest BCUT2D eigenvalue weighted by Gasteiger charge is 2.37. The number of benzene rings is 2. The summed E-state index contributed by atoms with van der Waals surface area (Å²) in [5.74, 6) is 1.32. The second kappa shape index (κ2) is 10.9. The van der Waals surface area contributed by atoms with E-state index in [1.165, 1.54) is 6.42 Å². The van der Waals surface area contributed by atoms with Gasteiger partial charge in [0, 0.05) is 10.8 Å². The van der Waals surface area contributed by atoms with Crippen molar-refractivity contribution in [3.05, 3.63) is 78.9 Å². The van der Waals surface area contributed by atoms with Crippen molar-refractivity contribution >= 4 is 17.7 Å². The van der Waals surface area contributed by atoms with Crippen LogP contribution in [0.15, 0.2) is 78.2 Å². The standard InChI is InChI=1S/C27H34O2S/c1-5-23(21-12-8-6-9-13-21)26(30-22-14-10-7-11-15-22)27(28)29-25-18-20(4)16-17-24(25)19(2)3/h5-15,19-20,23-26H,1,16-18H2,2-4H3/t20-,23+,24+,25-,26+/m1/s1. The van der Waals surface area contributed by atoms with E-state index in [0.29, 0.717) is 17.8 Å². The van der Waals surface area contributed by atoms with Crippen LogP contribution in [-0.2, 0) is 9.53 Å². The fraction of sp³-hybridized carbons (Fsp3) is 0.444. The van der Waals surface area contributed by atoms with E-state index in [1.807, 2.05) is 42.5 Å². The molecule has 2 aromatic rings. The highest BCUT2D eigenvalue weighted by atomic mass is 32.2. The van der Waals surface area contributed by atoms with Crippen molar-refractivity contribution < 1.29 is 9.53 Å². The fourth-order valence-corrected chi connectivity index (χ4v) is 5.66. The van der Waals surface area contributed by atoms with Gasteiger partial charge in [0.2, 0.25) is 0 Å². The summed E-state index contributed by atoms with van der Waals surface area (Å²) in [7, 11) is 0. The van der Waals surface area contributed by atoms with E-state index in [4.69, 9.17) is 4.74 Å². The minimum atomic E-state index is -0.364. The zero-order valence-corrected chi connectivity index (χ0v) is 19.2. The summed E-state index contributed by atoms with van der Waals surface area (Å²) < 4.78 is 6.27. The molecular formula is C27H34O2S. The van der Waals surface area contributed by atoms with Crippen molar-refractivity contribution in [3.8, 4) is 0 Å². The highest BCUT2D eigenvalue weighted by molar-refractivity contribution is 8.00. The largest absolute Gasteiger partial charge is 0.461 e. The summed E-state index contributed by atoms with van der Waals surface area (Å²) in [4.78, 5) is 14.6. The molecule has 0 bridgehead atoms. The van der Waals surface area contributed by atoms with Crippen LogP contribution >= 0.6 is 11.8 Å². The molecule has 0 radical (unpaired) electrons. The third-order valence-corrected chi connectivity index (χ3v) is 7.52. The minimum Gasteiger partial charge on any atom is -0.461 e. The number of hydrogen-bond donors (Lipinski definition) is 0. The van der Waals surface area contributed by atoms with Crippen molar-refractivity contribution in [1.29, 1.82) is 0 Å². The van der Waals surface area contributed by atoms with Gasteiger partial charge in [-0.3, -0.25) is 4.79 Å². The third kappa shape index (κ3) is 5.78. The molecule has 0 aromatic heterocycles. The van der Waals surface area contributed by atoms with Crippen molar-refractivity contribution in [2.24, 2.45) is 17.8 Å². The van der Waals surface area contributed by atoms with Gasteiger partial charge in [-0.1, -0.05) is 81.8 Å². The lowest BCUT2D eigenvalue weighted by Gasteiger charge is -2.37. The molecule has 0 unspecified atom stereocenters. The van der Waals surface area contributed by atoms with Crippen LogP contribution in [0.4, 0.5) is 0 Å². The molecule has 1 fully saturated rings. The molecule has 1 aliphatic carbocycles. The lowest BCUT2D eigenvalue weighted by Crippen LogP contribution is -2.39. The van der Waals surface area contributed by atoms with Gasteiger partial charge < -0.3 is 4.74 Å². The lowest BCUT2D eigenvalue weighted by molar-refractivity contribution is -0.155. The first-order chi connectivity index (χ1) is 14.5. The van der Waals surface area contributed by atoms with Crippen LogP contribution in [0, 0.1) is 17.8 Å². The first-order valence-electron chi connectivity index (χ1n) is 11.1. The Kier molecular flexibility index (Phi) is 8.21. The van der Waals surface area contributed by atoms with Crippen LogP contribution in [0.1, 0.15) is 51.5 Å². The number of thioether (sulfide) groups is 1. The van der Waals surface area contributed by atoms with E-state index in [0.717, 1.165) is 23.3 Å². The van der Waals surface area contributed by atoms with E-state index >= 15 is 0 Å². The summed E-state index contributed by atoms with van der Waals surface area (Å²) >= 11 is 1.58. The summed E-state index contributed by atoms with van der Waals surface area (Å²) in [5.41, 5.74) is 1.09. The first kappa shape index (κ1) is 22.7. The molecule has 1 saturated carbocycles. The van der Waals surface area contributed by atoms with Gasteiger partial charge in [0.1, 0.15) is 11.4 Å². The van der Waals surface area contributed by atoms with Gasteiger partial charge in [0.15, 0.2) is 0 Å². The van der Waals surface area contributed by atoms with Gasteiger partial charge in [-0.25, -0.2) is 0 Å². The van der Waals surface area contributed by atoms with Crippen LogP contribution in [0.5, 0.6) is 0 Å². The molecule has 2 nitrogen and oxygen atoms in total. The summed E-state index contributed by atoms with van der Waals surface area (Å²) in [5, 5.41) is -0.364. The minimum absolute atomic E-state index is 0.00126. The summed E-state index contributed by atoms with van der Waals surface area (Å²) in [6.45, 7) is 10.8. The molecule has 0 amide bonds. The highest BCUT2D eigenvalue weighted by Crippen LogP contribution is 2.39. The zero-order chi connectivity index (χ0) is 21.5. The van der Waals surface area contributed by atoms with Crippen molar-refractivity contribution in [3.63, 3.8) is 0 Å². The monoisotopic (exact) mass is 422 g/mol. The normalized spacial score (nSPS) is 23.5. The van der Waals surface area contributed by atoms with Crippen LogP contribution in [0.25, 0.3) is 0 Å². The maximum Gasteiger partial charge on any atom is 0.320 e. The van der Waals surface area contributed by atoms with Gasteiger partial charge in [-0.15, -0.1) is 18.3 Å². The molecular weight excluding hydrogens is 388 g/mol. The lowest BCUT2D eigenvalue weighted by atomic mass is 9.75. The van der Waals surface area contributed by atoms with Gasteiger partial charge >= 0.3 is 5.97 Å². The first-order valence-corrected chi connectivity index (χ1v) is 12.0. The van der Waals surface area contributed by atoms with Gasteiger partial charge in [0.05, 0.1) is 0 Å². The number of esters is 1. The Bertz CT molecular complexity index is 802. The predicted octanol–water partition coefficient (Wildman–Crippen LogP) is 7.12. The zero-order valence-electron chi connectivity index (χ0n) is 18.4. The third-order valence-electron chi connectivity index (χ3n) is 6.23. The van der Waals surface area contributed by atoms with Gasteiger partial charge in [0.25, 0.3) is 0 Å². The Morgan fingerprint density at radius 1 is 1.07 bits per heavy atom. The summed E-state index contributed by atoms with van der Waals surface area (Å²) in [6, 6.07) is 20.3. The van der Waals surface area contributed by atoms with E-state index in [9.17, 15) is 4.79 Å². The fourth-order valence-electron chi connectivity index (χ4n) is 4.49. The average Bonchev–Trinajstić information content (AvgIpc) is 2.75. The number of rotatable bonds is 8. The Labute approximate surface area is 186 Å². The maximum atomic E-state index is 13.6. The van der Waals surface area contributed by atoms with Gasteiger partial charge in [-0.05, 0) is 48.3 Å². The molecule has 0 aliphatic heterocycles. The van der Waals surface area contributed by atoms with Crippen molar-refractivity contribution in [2.75, 3.05) is 0 Å². The van der Waals surface area contributed by atoms with E-state index in [-0.39, 0.29) is 23.2 Å². The SMILES string of the molecule is C=C[C@@H](c1ccccc1)[C@H](Sc1ccccc1)C(=O)O[C@@H]1C[C@H](C)CC[C@H]1C(C)C. The molecule has 30 heavy (non-hydrogen) atoms. The number of carbonyl (C=O) groups is 1. The van der Waals surface area contributed by atoms with E-state index < -0.39 is 0 Å². The molecule has 1 aliphatic rings. The molecule has 0 saturated heterocycles. The Morgan fingerprint density at radius 3 is 2.30 bits per heavy atom. The Balaban J connectivity index is 1.86. The molecule has 0 heterocycles. The number of carbonyl (C=O) groups excluding carboxylic acids is 1. The number of hydrogen-bond acceptors (Lipinski definition) is 3. The second-order valence-corrected chi connectivity index (χ2v) is 10.0. The Hall–Kier alpha value is -2.00. The topological polar surface area (TPSA) is 26.3 Å². The molecule has 2 aromatic carbocycles. The number of ether oxygens (including phenoxy) is 1. The van der Waals surface area contributed by atoms with Crippen molar-refractivity contribution in [1.82, 2.24) is 0 Å². The predicted molar refractivity (Wildman–Crippen MR) is 127 cm³/mol. The van der Waals surface area contributed by atoms with Crippen LogP contribution in [0.2, 0.25) is 0 Å². The van der Waals surface area contributed by atoms with Crippen molar-refractivity contribution in [2.45, 2.75) is 62.2 Å².